The van der Waals surface area contributed by atoms with Crippen molar-refractivity contribution in [3.63, 3.8) is 0 Å². The highest BCUT2D eigenvalue weighted by molar-refractivity contribution is 5.57. The van der Waals surface area contributed by atoms with Gasteiger partial charge in [-0.05, 0) is 32.4 Å². The summed E-state index contributed by atoms with van der Waals surface area (Å²) < 4.78 is 0. The number of hydrogen-bond acceptors (Lipinski definition) is 6. The van der Waals surface area contributed by atoms with Crippen LogP contribution in [-0.4, -0.2) is 41.0 Å². The van der Waals surface area contributed by atoms with Crippen molar-refractivity contribution in [2.75, 3.05) is 30.9 Å². The van der Waals surface area contributed by atoms with E-state index in [1.165, 1.54) is 0 Å². The van der Waals surface area contributed by atoms with Gasteiger partial charge in [0.2, 0.25) is 0 Å². The summed E-state index contributed by atoms with van der Waals surface area (Å²) in [7, 11) is 2.17. The number of hydrogen-bond donors (Lipinski definition) is 3. The highest BCUT2D eigenvalue weighted by Crippen LogP contribution is 2.24. The topological polar surface area (TPSA) is 79.1 Å². The molecule has 2 unspecified atom stereocenters. The fourth-order valence-corrected chi connectivity index (χ4v) is 2.74. The summed E-state index contributed by atoms with van der Waals surface area (Å²) in [6.07, 6.45) is 3.54. The van der Waals surface area contributed by atoms with Crippen molar-refractivity contribution < 1.29 is 0 Å². The maximum absolute atomic E-state index is 5.50. The van der Waals surface area contributed by atoms with E-state index in [4.69, 9.17) is 5.84 Å². The lowest BCUT2D eigenvalue weighted by atomic mass is 9.94. The van der Waals surface area contributed by atoms with E-state index < -0.39 is 0 Å². The molecule has 0 saturated carbocycles. The second kappa shape index (κ2) is 6.16. The molecule has 0 amide bonds. The first-order chi connectivity index (χ1) is 9.15. The third-order valence-electron chi connectivity index (χ3n) is 3.87. The first-order valence-corrected chi connectivity index (χ1v) is 6.91. The number of nitrogens with two attached hydrogens (primary N) is 1. The van der Waals surface area contributed by atoms with Crippen molar-refractivity contribution in [3.05, 3.63) is 11.9 Å². The smallest absolute Gasteiger partial charge is 0.148 e. The van der Waals surface area contributed by atoms with Gasteiger partial charge in [-0.2, -0.15) is 0 Å². The Kier molecular flexibility index (Phi) is 4.55. The lowest BCUT2D eigenvalue weighted by Gasteiger charge is -2.35. The molecule has 19 heavy (non-hydrogen) atoms. The third-order valence-corrected chi connectivity index (χ3v) is 3.87. The van der Waals surface area contributed by atoms with Crippen LogP contribution in [0.1, 0.15) is 25.8 Å². The molecule has 0 bridgehead atoms. The molecule has 1 fully saturated rings. The third kappa shape index (κ3) is 3.13. The van der Waals surface area contributed by atoms with Gasteiger partial charge in [0, 0.05) is 18.2 Å². The van der Waals surface area contributed by atoms with Crippen LogP contribution < -0.4 is 16.6 Å². The Morgan fingerprint density at radius 3 is 2.79 bits per heavy atom. The number of anilines is 2. The van der Waals surface area contributed by atoms with Crippen molar-refractivity contribution in [2.45, 2.75) is 32.7 Å². The standard InChI is InChI=1S/C13H24N6/c1-4-10-12(15-8-16-13(10)18-14)17-11-5-6-19(3)7-9(11)2/h8-9,11H,4-7,14H2,1-3H3,(H2,15,16,17,18). The molecule has 0 aromatic carbocycles. The van der Waals surface area contributed by atoms with Gasteiger partial charge in [-0.25, -0.2) is 15.8 Å². The van der Waals surface area contributed by atoms with E-state index in [9.17, 15) is 0 Å². The van der Waals surface area contributed by atoms with Crippen LogP contribution in [0.25, 0.3) is 0 Å². The van der Waals surface area contributed by atoms with Crippen LogP contribution in [0.3, 0.4) is 0 Å². The number of nitrogens with one attached hydrogen (secondary N) is 2. The molecule has 4 N–H and O–H groups in total. The summed E-state index contributed by atoms with van der Waals surface area (Å²) in [6.45, 7) is 6.60. The molecule has 1 saturated heterocycles. The van der Waals surface area contributed by atoms with Gasteiger partial charge < -0.3 is 15.6 Å². The number of aromatic nitrogens is 2. The van der Waals surface area contributed by atoms with Gasteiger partial charge in [0.15, 0.2) is 0 Å². The predicted octanol–water partition coefficient (Wildman–Crippen LogP) is 1.08. The molecule has 6 nitrogen and oxygen atoms in total. The van der Waals surface area contributed by atoms with Crippen molar-refractivity contribution in [1.82, 2.24) is 14.9 Å². The Labute approximate surface area is 114 Å². The number of rotatable bonds is 4. The zero-order chi connectivity index (χ0) is 13.8. The molecule has 1 aromatic rings. The number of nitrogens with zero attached hydrogens (tertiary/aromatic N) is 3. The van der Waals surface area contributed by atoms with E-state index in [-0.39, 0.29) is 0 Å². The van der Waals surface area contributed by atoms with Crippen molar-refractivity contribution in [3.8, 4) is 0 Å². The van der Waals surface area contributed by atoms with E-state index in [0.29, 0.717) is 17.8 Å². The van der Waals surface area contributed by atoms with Gasteiger partial charge >= 0.3 is 0 Å². The van der Waals surface area contributed by atoms with Gasteiger partial charge in [-0.1, -0.05) is 13.8 Å². The Balaban J connectivity index is 2.14. The minimum absolute atomic E-state index is 0.460. The minimum atomic E-state index is 0.460. The molecule has 0 spiro atoms. The summed E-state index contributed by atoms with van der Waals surface area (Å²) in [5.74, 6) is 7.72. The summed E-state index contributed by atoms with van der Waals surface area (Å²) in [5, 5.41) is 3.57. The summed E-state index contributed by atoms with van der Waals surface area (Å²) >= 11 is 0. The van der Waals surface area contributed by atoms with Gasteiger partial charge in [0.1, 0.15) is 18.0 Å². The fourth-order valence-electron chi connectivity index (χ4n) is 2.74. The van der Waals surface area contributed by atoms with E-state index in [1.54, 1.807) is 6.33 Å². The van der Waals surface area contributed by atoms with Gasteiger partial charge in [0.05, 0.1) is 0 Å². The average Bonchev–Trinajstić information content (AvgIpc) is 2.41. The highest BCUT2D eigenvalue weighted by atomic mass is 15.3. The Morgan fingerprint density at radius 1 is 1.42 bits per heavy atom. The van der Waals surface area contributed by atoms with Crippen LogP contribution in [0, 0.1) is 5.92 Å². The quantitative estimate of drug-likeness (QED) is 0.558. The zero-order valence-corrected chi connectivity index (χ0v) is 12.0. The highest BCUT2D eigenvalue weighted by Gasteiger charge is 2.25. The molecule has 2 heterocycles. The number of likely N-dealkylation sites (tertiary alicyclic amines) is 1. The van der Waals surface area contributed by atoms with Crippen molar-refractivity contribution >= 4 is 11.6 Å². The van der Waals surface area contributed by atoms with Crippen LogP contribution in [0.4, 0.5) is 11.6 Å². The van der Waals surface area contributed by atoms with Gasteiger partial charge in [-0.3, -0.25) is 0 Å². The van der Waals surface area contributed by atoms with Gasteiger partial charge in [-0.15, -0.1) is 0 Å². The first kappa shape index (κ1) is 14.0. The minimum Gasteiger partial charge on any atom is -0.367 e. The van der Waals surface area contributed by atoms with E-state index in [0.717, 1.165) is 37.3 Å². The lowest BCUT2D eigenvalue weighted by Crippen LogP contribution is -2.43. The Bertz CT molecular complexity index is 422. The molecular formula is C13H24N6. The molecular weight excluding hydrogens is 240 g/mol. The molecule has 6 heteroatoms. The monoisotopic (exact) mass is 264 g/mol. The SMILES string of the molecule is CCc1c(NN)ncnc1NC1CCN(C)CC1C. The van der Waals surface area contributed by atoms with Gasteiger partial charge in [0.25, 0.3) is 0 Å². The largest absolute Gasteiger partial charge is 0.367 e. The first-order valence-electron chi connectivity index (χ1n) is 6.91. The summed E-state index contributed by atoms with van der Waals surface area (Å²) in [5.41, 5.74) is 3.70. The zero-order valence-electron chi connectivity index (χ0n) is 12.0. The number of hydrazine groups is 1. The maximum atomic E-state index is 5.50. The fraction of sp³-hybridized carbons (Fsp3) is 0.692. The molecule has 1 aliphatic heterocycles. The van der Waals surface area contributed by atoms with Crippen LogP contribution in [0.5, 0.6) is 0 Å². The molecule has 0 aliphatic carbocycles. The molecule has 1 aromatic heterocycles. The molecule has 1 aliphatic rings. The van der Waals surface area contributed by atoms with Crippen molar-refractivity contribution in [2.24, 2.45) is 11.8 Å². The summed E-state index contributed by atoms with van der Waals surface area (Å²) in [6, 6.07) is 0.460. The maximum Gasteiger partial charge on any atom is 0.148 e. The second-order valence-electron chi connectivity index (χ2n) is 5.33. The van der Waals surface area contributed by atoms with E-state index in [2.05, 4.69) is 46.5 Å². The Hall–Kier alpha value is -1.40. The van der Waals surface area contributed by atoms with E-state index >= 15 is 0 Å². The molecule has 0 radical (unpaired) electrons. The lowest BCUT2D eigenvalue weighted by molar-refractivity contribution is 0.206. The average molecular weight is 264 g/mol. The second-order valence-corrected chi connectivity index (χ2v) is 5.33. The van der Waals surface area contributed by atoms with Crippen LogP contribution in [0.2, 0.25) is 0 Å². The predicted molar refractivity (Wildman–Crippen MR) is 77.9 cm³/mol. The van der Waals surface area contributed by atoms with Crippen LogP contribution in [-0.2, 0) is 6.42 Å². The van der Waals surface area contributed by atoms with Crippen LogP contribution in [0.15, 0.2) is 6.33 Å². The number of piperidine rings is 1. The molecule has 2 atom stereocenters. The van der Waals surface area contributed by atoms with Crippen molar-refractivity contribution in [1.29, 1.82) is 0 Å². The number of nitrogen functional groups attached to an aromatic ring is 1. The molecule has 2 rings (SSSR count). The van der Waals surface area contributed by atoms with E-state index in [1.807, 2.05) is 0 Å². The normalized spacial score (nSPS) is 24.2. The molecule has 106 valence electrons. The Morgan fingerprint density at radius 2 is 2.16 bits per heavy atom. The van der Waals surface area contributed by atoms with Crippen LogP contribution >= 0.6 is 0 Å². The summed E-state index contributed by atoms with van der Waals surface area (Å²) in [4.78, 5) is 10.9.